The van der Waals surface area contributed by atoms with E-state index in [0.29, 0.717) is 12.0 Å². The van der Waals surface area contributed by atoms with Crippen molar-refractivity contribution < 1.29 is 23.9 Å². The number of benzene rings is 2. The number of esters is 1. The predicted octanol–water partition coefficient (Wildman–Crippen LogP) is 2.72. The van der Waals surface area contributed by atoms with Gasteiger partial charge >= 0.3 is 12.0 Å². The van der Waals surface area contributed by atoms with Gasteiger partial charge in [-0.05, 0) is 37.6 Å². The van der Waals surface area contributed by atoms with Gasteiger partial charge in [0.2, 0.25) is 0 Å². The van der Waals surface area contributed by atoms with Gasteiger partial charge < -0.3 is 15.4 Å². The number of urea groups is 1. The Kier molecular flexibility index (Phi) is 7.90. The van der Waals surface area contributed by atoms with Crippen LogP contribution in [-0.4, -0.2) is 36.5 Å². The van der Waals surface area contributed by atoms with Crippen LogP contribution in [0.5, 0.6) is 0 Å². The minimum Gasteiger partial charge on any atom is -0.452 e. The van der Waals surface area contributed by atoms with Crippen LogP contribution in [-0.2, 0) is 9.53 Å². The van der Waals surface area contributed by atoms with Gasteiger partial charge in [-0.15, -0.1) is 0 Å². The summed E-state index contributed by atoms with van der Waals surface area (Å²) in [6.45, 7) is 3.06. The Labute approximate surface area is 168 Å². The maximum atomic E-state index is 12.3. The molecule has 3 N–H and O–H groups in total. The normalized spacial score (nSPS) is 11.1. The van der Waals surface area contributed by atoms with Crippen molar-refractivity contribution in [2.45, 2.75) is 26.3 Å². The van der Waals surface area contributed by atoms with Crippen LogP contribution in [0.2, 0.25) is 0 Å². The summed E-state index contributed by atoms with van der Waals surface area (Å²) in [7, 11) is 0. The number of carbonyl (C=O) groups is 4. The number of ether oxygens (including phenoxy) is 1. The summed E-state index contributed by atoms with van der Waals surface area (Å²) in [5, 5.41) is 7.30. The largest absolute Gasteiger partial charge is 0.452 e. The molecule has 8 heteroatoms. The summed E-state index contributed by atoms with van der Waals surface area (Å²) < 4.78 is 4.97. The Hall–Kier alpha value is -3.68. The Balaban J connectivity index is 1.95. The molecule has 2 aromatic rings. The zero-order valence-electron chi connectivity index (χ0n) is 16.2. The van der Waals surface area contributed by atoms with Crippen molar-refractivity contribution in [3.8, 4) is 0 Å². The highest BCUT2D eigenvalue weighted by Crippen LogP contribution is 2.17. The van der Waals surface area contributed by atoms with Gasteiger partial charge in [0.05, 0.1) is 11.3 Å². The molecule has 29 heavy (non-hydrogen) atoms. The molecule has 0 unspecified atom stereocenters. The van der Waals surface area contributed by atoms with E-state index in [1.54, 1.807) is 55.5 Å². The maximum absolute atomic E-state index is 12.3. The van der Waals surface area contributed by atoms with Crippen molar-refractivity contribution in [2.24, 2.45) is 0 Å². The topological polar surface area (TPSA) is 114 Å². The monoisotopic (exact) mass is 397 g/mol. The van der Waals surface area contributed by atoms with E-state index in [1.807, 2.05) is 6.92 Å². The molecule has 0 spiro atoms. The molecular weight excluding hydrogens is 374 g/mol. The second kappa shape index (κ2) is 10.6. The number of hydrogen-bond donors (Lipinski definition) is 3. The van der Waals surface area contributed by atoms with Crippen molar-refractivity contribution >= 4 is 29.5 Å². The first-order valence-electron chi connectivity index (χ1n) is 9.13. The fraction of sp³-hybridized carbons (Fsp3) is 0.238. The standard InChI is InChI=1S/C21H23N3O5/c1-3-14(2)22-21(28)24-18(25)13-29-20(27)16-11-7-8-12-17(16)23-19(26)15-9-5-4-6-10-15/h4-12,14H,3,13H2,1-2H3,(H,23,26)(H2,22,24,25,28)/t14-/m0/s1. The minimum atomic E-state index is -0.800. The Morgan fingerprint density at radius 3 is 2.31 bits per heavy atom. The molecule has 4 amide bonds. The first-order valence-corrected chi connectivity index (χ1v) is 9.13. The smallest absolute Gasteiger partial charge is 0.340 e. The van der Waals surface area contributed by atoms with Crippen molar-refractivity contribution in [3.63, 3.8) is 0 Å². The van der Waals surface area contributed by atoms with Gasteiger partial charge in [-0.1, -0.05) is 37.3 Å². The lowest BCUT2D eigenvalue weighted by atomic mass is 10.1. The number of carbonyl (C=O) groups excluding carboxylic acids is 4. The van der Waals surface area contributed by atoms with Crippen molar-refractivity contribution in [1.29, 1.82) is 0 Å². The quantitative estimate of drug-likeness (QED) is 0.622. The molecule has 152 valence electrons. The number of amides is 4. The fourth-order valence-electron chi connectivity index (χ4n) is 2.29. The molecule has 1 atom stereocenters. The molecule has 0 aromatic heterocycles. The van der Waals surface area contributed by atoms with Crippen LogP contribution in [0, 0.1) is 0 Å². The van der Waals surface area contributed by atoms with E-state index in [4.69, 9.17) is 4.74 Å². The van der Waals surface area contributed by atoms with Crippen LogP contribution < -0.4 is 16.0 Å². The second-order valence-electron chi connectivity index (χ2n) is 6.27. The molecule has 8 nitrogen and oxygen atoms in total. The van der Waals surface area contributed by atoms with E-state index in [1.165, 1.54) is 6.07 Å². The Bertz CT molecular complexity index is 883. The molecule has 0 heterocycles. The van der Waals surface area contributed by atoms with Crippen molar-refractivity contribution in [2.75, 3.05) is 11.9 Å². The van der Waals surface area contributed by atoms with E-state index in [0.717, 1.165) is 0 Å². The molecule has 2 rings (SSSR count). The lowest BCUT2D eigenvalue weighted by molar-refractivity contribution is -0.123. The van der Waals surface area contributed by atoms with Crippen molar-refractivity contribution in [1.82, 2.24) is 10.6 Å². The summed E-state index contributed by atoms with van der Waals surface area (Å²) in [5.74, 6) is -1.94. The van der Waals surface area contributed by atoms with Crippen LogP contribution in [0.4, 0.5) is 10.5 Å². The first-order chi connectivity index (χ1) is 13.9. The van der Waals surface area contributed by atoms with Crippen LogP contribution in [0.25, 0.3) is 0 Å². The highest BCUT2D eigenvalue weighted by atomic mass is 16.5. The summed E-state index contributed by atoms with van der Waals surface area (Å²) >= 11 is 0. The lowest BCUT2D eigenvalue weighted by Gasteiger charge is -2.13. The number of rotatable bonds is 7. The highest BCUT2D eigenvalue weighted by Gasteiger charge is 2.17. The summed E-state index contributed by atoms with van der Waals surface area (Å²) in [6, 6.07) is 14.1. The summed E-state index contributed by atoms with van der Waals surface area (Å²) in [6.07, 6.45) is 0.710. The van der Waals surface area contributed by atoms with Gasteiger partial charge in [0.15, 0.2) is 6.61 Å². The second-order valence-corrected chi connectivity index (χ2v) is 6.27. The van der Waals surface area contributed by atoms with E-state index in [2.05, 4.69) is 16.0 Å². The summed E-state index contributed by atoms with van der Waals surface area (Å²) in [4.78, 5) is 48.1. The zero-order valence-corrected chi connectivity index (χ0v) is 16.2. The molecule has 0 saturated heterocycles. The molecule has 0 aliphatic carbocycles. The molecular formula is C21H23N3O5. The zero-order chi connectivity index (χ0) is 21.2. The molecule has 0 aliphatic rings. The average Bonchev–Trinajstić information content (AvgIpc) is 2.72. The van der Waals surface area contributed by atoms with E-state index in [9.17, 15) is 19.2 Å². The SMILES string of the molecule is CC[C@H](C)NC(=O)NC(=O)COC(=O)c1ccccc1NC(=O)c1ccccc1. The van der Waals surface area contributed by atoms with E-state index < -0.39 is 24.5 Å². The third-order valence-electron chi connectivity index (χ3n) is 4.01. The molecule has 0 fully saturated rings. The van der Waals surface area contributed by atoms with Gasteiger partial charge in [-0.3, -0.25) is 14.9 Å². The highest BCUT2D eigenvalue weighted by molar-refractivity contribution is 6.08. The fourth-order valence-corrected chi connectivity index (χ4v) is 2.29. The minimum absolute atomic E-state index is 0.0913. The third-order valence-corrected chi connectivity index (χ3v) is 4.01. The Morgan fingerprint density at radius 2 is 1.62 bits per heavy atom. The lowest BCUT2D eigenvalue weighted by Crippen LogP contribution is -2.44. The van der Waals surface area contributed by atoms with Gasteiger partial charge in [-0.2, -0.15) is 0 Å². The predicted molar refractivity (Wildman–Crippen MR) is 108 cm³/mol. The number of nitrogens with one attached hydrogen (secondary N) is 3. The number of imide groups is 1. The van der Waals surface area contributed by atoms with Gasteiger partial charge in [-0.25, -0.2) is 9.59 Å². The summed E-state index contributed by atoms with van der Waals surface area (Å²) in [5.41, 5.74) is 0.775. The van der Waals surface area contributed by atoms with Crippen LogP contribution in [0.15, 0.2) is 54.6 Å². The third kappa shape index (κ3) is 6.76. The number of anilines is 1. The van der Waals surface area contributed by atoms with Crippen LogP contribution in [0.3, 0.4) is 0 Å². The van der Waals surface area contributed by atoms with E-state index >= 15 is 0 Å². The first kappa shape index (κ1) is 21.6. The molecule has 0 aliphatic heterocycles. The maximum Gasteiger partial charge on any atom is 0.340 e. The van der Waals surface area contributed by atoms with Gasteiger partial charge in [0.1, 0.15) is 0 Å². The van der Waals surface area contributed by atoms with Gasteiger partial charge in [0, 0.05) is 11.6 Å². The van der Waals surface area contributed by atoms with Crippen LogP contribution in [0.1, 0.15) is 41.0 Å². The molecule has 0 bridgehead atoms. The molecule has 2 aromatic carbocycles. The average molecular weight is 397 g/mol. The number of para-hydroxylation sites is 1. The van der Waals surface area contributed by atoms with Crippen molar-refractivity contribution in [3.05, 3.63) is 65.7 Å². The van der Waals surface area contributed by atoms with Gasteiger partial charge in [0.25, 0.3) is 11.8 Å². The molecule has 0 radical (unpaired) electrons. The molecule has 0 saturated carbocycles. The Morgan fingerprint density at radius 1 is 0.966 bits per heavy atom. The van der Waals surface area contributed by atoms with E-state index in [-0.39, 0.29) is 23.2 Å². The number of hydrogen-bond acceptors (Lipinski definition) is 5. The van der Waals surface area contributed by atoms with Crippen LogP contribution >= 0.6 is 0 Å².